The van der Waals surface area contributed by atoms with Crippen LogP contribution >= 0.6 is 15.9 Å². The van der Waals surface area contributed by atoms with Gasteiger partial charge in [0, 0.05) is 35.1 Å². The Bertz CT molecular complexity index is 652. The Labute approximate surface area is 162 Å². The minimum absolute atomic E-state index is 0.0151. The average molecular weight is 425 g/mol. The molecule has 1 aliphatic heterocycles. The molecule has 7 heteroatoms. The lowest BCUT2D eigenvalue weighted by atomic mass is 9.94. The molecule has 0 aliphatic carbocycles. The lowest BCUT2D eigenvalue weighted by molar-refractivity contribution is -0.150. The third kappa shape index (κ3) is 5.06. The second-order valence-electron chi connectivity index (χ2n) is 6.71. The summed E-state index contributed by atoms with van der Waals surface area (Å²) >= 11 is 3.36. The SMILES string of the molecule is COC(=O)CN(C(=O)C1CCN(C(=O)c2ccc(Br)cc2)CC1)C(C)C. The maximum atomic E-state index is 12.8. The van der Waals surface area contributed by atoms with E-state index in [4.69, 9.17) is 0 Å². The highest BCUT2D eigenvalue weighted by Gasteiger charge is 2.32. The van der Waals surface area contributed by atoms with E-state index >= 15 is 0 Å². The van der Waals surface area contributed by atoms with Gasteiger partial charge in [0.2, 0.25) is 5.91 Å². The number of esters is 1. The highest BCUT2D eigenvalue weighted by Crippen LogP contribution is 2.22. The molecule has 142 valence electrons. The van der Waals surface area contributed by atoms with Gasteiger partial charge < -0.3 is 14.5 Å². The van der Waals surface area contributed by atoms with Crippen molar-refractivity contribution in [3.63, 3.8) is 0 Å². The first-order valence-electron chi connectivity index (χ1n) is 8.75. The fraction of sp³-hybridized carbons (Fsp3) is 0.526. The van der Waals surface area contributed by atoms with E-state index in [1.165, 1.54) is 7.11 Å². The van der Waals surface area contributed by atoms with Gasteiger partial charge in [-0.1, -0.05) is 15.9 Å². The van der Waals surface area contributed by atoms with Gasteiger partial charge in [0.1, 0.15) is 6.54 Å². The van der Waals surface area contributed by atoms with Crippen molar-refractivity contribution in [1.82, 2.24) is 9.80 Å². The number of carbonyl (C=O) groups is 3. The van der Waals surface area contributed by atoms with E-state index in [9.17, 15) is 14.4 Å². The van der Waals surface area contributed by atoms with Crippen molar-refractivity contribution in [2.45, 2.75) is 32.7 Å². The molecule has 0 saturated carbocycles. The van der Waals surface area contributed by atoms with Crippen LogP contribution in [-0.4, -0.2) is 60.4 Å². The van der Waals surface area contributed by atoms with Crippen molar-refractivity contribution in [3.05, 3.63) is 34.3 Å². The van der Waals surface area contributed by atoms with E-state index in [2.05, 4.69) is 20.7 Å². The molecule has 1 saturated heterocycles. The predicted octanol–water partition coefficient (Wildman–Crippen LogP) is 2.71. The largest absolute Gasteiger partial charge is 0.468 e. The Morgan fingerprint density at radius 2 is 1.77 bits per heavy atom. The van der Waals surface area contributed by atoms with Crippen LogP contribution in [0, 0.1) is 5.92 Å². The van der Waals surface area contributed by atoms with Crippen molar-refractivity contribution in [1.29, 1.82) is 0 Å². The molecule has 26 heavy (non-hydrogen) atoms. The fourth-order valence-electron chi connectivity index (χ4n) is 3.06. The summed E-state index contributed by atoms with van der Waals surface area (Å²) in [5.41, 5.74) is 0.646. The number of ether oxygens (including phenoxy) is 1. The van der Waals surface area contributed by atoms with Gasteiger partial charge in [-0.25, -0.2) is 0 Å². The quantitative estimate of drug-likeness (QED) is 0.681. The topological polar surface area (TPSA) is 66.9 Å². The number of methoxy groups -OCH3 is 1. The second kappa shape index (κ2) is 9.16. The van der Waals surface area contributed by atoms with E-state index in [-0.39, 0.29) is 30.3 Å². The molecular weight excluding hydrogens is 400 g/mol. The molecule has 0 spiro atoms. The summed E-state index contributed by atoms with van der Waals surface area (Å²) < 4.78 is 5.61. The number of piperidine rings is 1. The van der Waals surface area contributed by atoms with Gasteiger partial charge in [0.05, 0.1) is 7.11 Å². The Morgan fingerprint density at radius 3 is 2.27 bits per heavy atom. The number of carbonyl (C=O) groups excluding carboxylic acids is 3. The Kier molecular flexibility index (Phi) is 7.20. The van der Waals surface area contributed by atoms with Gasteiger partial charge in [-0.05, 0) is 51.0 Å². The minimum Gasteiger partial charge on any atom is -0.468 e. The number of likely N-dealkylation sites (tertiary alicyclic amines) is 1. The molecule has 1 aromatic carbocycles. The highest BCUT2D eigenvalue weighted by molar-refractivity contribution is 9.10. The third-order valence-electron chi connectivity index (χ3n) is 4.66. The first-order chi connectivity index (χ1) is 12.3. The monoisotopic (exact) mass is 424 g/mol. The normalized spacial score (nSPS) is 15.0. The van der Waals surface area contributed by atoms with Crippen molar-refractivity contribution in [2.24, 2.45) is 5.92 Å². The zero-order valence-corrected chi connectivity index (χ0v) is 17.0. The van der Waals surface area contributed by atoms with Gasteiger partial charge >= 0.3 is 5.97 Å². The minimum atomic E-state index is -0.421. The van der Waals surface area contributed by atoms with Crippen LogP contribution in [-0.2, 0) is 14.3 Å². The molecule has 0 radical (unpaired) electrons. The smallest absolute Gasteiger partial charge is 0.325 e. The number of rotatable bonds is 5. The fourth-order valence-corrected chi connectivity index (χ4v) is 3.32. The summed E-state index contributed by atoms with van der Waals surface area (Å²) in [6, 6.07) is 7.19. The summed E-state index contributed by atoms with van der Waals surface area (Å²) in [6.07, 6.45) is 1.21. The van der Waals surface area contributed by atoms with Crippen LogP contribution in [0.4, 0.5) is 0 Å². The highest BCUT2D eigenvalue weighted by atomic mass is 79.9. The van der Waals surface area contributed by atoms with Gasteiger partial charge in [-0.3, -0.25) is 14.4 Å². The molecule has 2 amide bonds. The molecule has 1 fully saturated rings. The van der Waals surface area contributed by atoms with Crippen LogP contribution < -0.4 is 0 Å². The third-order valence-corrected chi connectivity index (χ3v) is 5.18. The molecule has 0 unspecified atom stereocenters. The van der Waals surface area contributed by atoms with Crippen LogP contribution in [0.25, 0.3) is 0 Å². The van der Waals surface area contributed by atoms with Crippen LogP contribution in [0.3, 0.4) is 0 Å². The molecule has 0 bridgehead atoms. The Hall–Kier alpha value is -1.89. The summed E-state index contributed by atoms with van der Waals surface area (Å²) in [5.74, 6) is -0.647. The van der Waals surface area contributed by atoms with Gasteiger partial charge in [-0.15, -0.1) is 0 Å². The van der Waals surface area contributed by atoms with Crippen LogP contribution in [0.5, 0.6) is 0 Å². The first kappa shape index (κ1) is 20.4. The van der Waals surface area contributed by atoms with E-state index < -0.39 is 5.97 Å². The summed E-state index contributed by atoms with van der Waals surface area (Å²) in [4.78, 5) is 40.3. The second-order valence-corrected chi connectivity index (χ2v) is 7.63. The Morgan fingerprint density at radius 1 is 1.19 bits per heavy atom. The number of halogens is 1. The number of benzene rings is 1. The van der Waals surface area contributed by atoms with Crippen LogP contribution in [0.15, 0.2) is 28.7 Å². The van der Waals surface area contributed by atoms with Crippen molar-refractivity contribution in [2.75, 3.05) is 26.7 Å². The number of nitrogens with zero attached hydrogens (tertiary/aromatic N) is 2. The molecule has 6 nitrogen and oxygen atoms in total. The van der Waals surface area contributed by atoms with Crippen LogP contribution in [0.2, 0.25) is 0 Å². The molecule has 0 aromatic heterocycles. The maximum Gasteiger partial charge on any atom is 0.325 e. The molecule has 0 atom stereocenters. The standard InChI is InChI=1S/C19H25BrN2O4/c1-13(2)22(12-17(23)26-3)19(25)15-8-10-21(11-9-15)18(24)14-4-6-16(20)7-5-14/h4-7,13,15H,8-12H2,1-3H3. The molecule has 1 heterocycles. The number of hydrogen-bond donors (Lipinski definition) is 0. The van der Waals surface area contributed by atoms with Crippen LogP contribution in [0.1, 0.15) is 37.0 Å². The lowest BCUT2D eigenvalue weighted by Crippen LogP contribution is -2.48. The van der Waals surface area contributed by atoms with E-state index in [0.717, 1.165) is 4.47 Å². The number of amides is 2. The molecular formula is C19H25BrN2O4. The van der Waals surface area contributed by atoms with Crippen molar-refractivity contribution in [3.8, 4) is 0 Å². The zero-order chi connectivity index (χ0) is 19.3. The van der Waals surface area contributed by atoms with Gasteiger partial charge in [0.15, 0.2) is 0 Å². The molecule has 0 N–H and O–H groups in total. The summed E-state index contributed by atoms with van der Waals surface area (Å²) in [7, 11) is 1.32. The first-order valence-corrected chi connectivity index (χ1v) is 9.55. The average Bonchev–Trinajstić information content (AvgIpc) is 2.65. The predicted molar refractivity (Wildman–Crippen MR) is 102 cm³/mol. The van der Waals surface area contributed by atoms with E-state index in [1.807, 2.05) is 26.0 Å². The van der Waals surface area contributed by atoms with Gasteiger partial charge in [0.25, 0.3) is 5.91 Å². The summed E-state index contributed by atoms with van der Waals surface area (Å²) in [6.45, 7) is 4.80. The van der Waals surface area contributed by atoms with E-state index in [1.54, 1.807) is 21.9 Å². The van der Waals surface area contributed by atoms with E-state index in [0.29, 0.717) is 31.5 Å². The maximum absolute atomic E-state index is 12.8. The zero-order valence-electron chi connectivity index (χ0n) is 15.4. The molecule has 1 aromatic rings. The molecule has 2 rings (SSSR count). The Balaban J connectivity index is 1.95. The molecule has 1 aliphatic rings. The lowest BCUT2D eigenvalue weighted by Gasteiger charge is -2.35. The summed E-state index contributed by atoms with van der Waals surface area (Å²) in [5, 5.41) is 0. The number of hydrogen-bond acceptors (Lipinski definition) is 4. The van der Waals surface area contributed by atoms with Crippen molar-refractivity contribution < 1.29 is 19.1 Å². The van der Waals surface area contributed by atoms with Crippen molar-refractivity contribution >= 4 is 33.7 Å². The van der Waals surface area contributed by atoms with Gasteiger partial charge in [-0.2, -0.15) is 0 Å².